The predicted molar refractivity (Wildman–Crippen MR) is 142 cm³/mol. The van der Waals surface area contributed by atoms with Gasteiger partial charge in [0.25, 0.3) is 0 Å². The molecule has 3 heterocycles. The molecular formula is C25H38IN5O2. The highest BCUT2D eigenvalue weighted by Crippen LogP contribution is 2.18. The predicted octanol–water partition coefficient (Wildman–Crippen LogP) is 4.07. The van der Waals surface area contributed by atoms with Gasteiger partial charge in [-0.1, -0.05) is 24.3 Å². The zero-order valence-corrected chi connectivity index (χ0v) is 22.0. The number of guanidine groups is 1. The molecule has 0 bridgehead atoms. The number of benzene rings is 1. The molecule has 0 aliphatic carbocycles. The van der Waals surface area contributed by atoms with E-state index in [1.54, 1.807) is 0 Å². The molecule has 0 amide bonds. The van der Waals surface area contributed by atoms with E-state index in [0.717, 1.165) is 64.6 Å². The number of hydrogen-bond acceptors (Lipinski definition) is 4. The van der Waals surface area contributed by atoms with Crippen molar-refractivity contribution < 1.29 is 9.47 Å². The van der Waals surface area contributed by atoms with Gasteiger partial charge in [0.15, 0.2) is 5.96 Å². The Labute approximate surface area is 214 Å². The van der Waals surface area contributed by atoms with Crippen molar-refractivity contribution >= 4 is 29.9 Å². The maximum Gasteiger partial charge on any atom is 0.194 e. The minimum Gasteiger partial charge on any atom is -0.376 e. The van der Waals surface area contributed by atoms with Crippen LogP contribution >= 0.6 is 24.0 Å². The summed E-state index contributed by atoms with van der Waals surface area (Å²) in [5.41, 5.74) is 2.50. The van der Waals surface area contributed by atoms with E-state index in [1.807, 2.05) is 23.1 Å². The first kappa shape index (κ1) is 26.0. The number of ether oxygens (including phenoxy) is 2. The number of aliphatic imine (C=N–C) groups is 1. The molecule has 1 N–H and O–H groups in total. The fraction of sp³-hybridized carbons (Fsp3) is 0.600. The fourth-order valence-electron chi connectivity index (χ4n) is 4.44. The van der Waals surface area contributed by atoms with Gasteiger partial charge < -0.3 is 19.7 Å². The van der Waals surface area contributed by atoms with E-state index in [4.69, 9.17) is 14.5 Å². The lowest BCUT2D eigenvalue weighted by Gasteiger charge is -2.35. The molecule has 2 aliphatic heterocycles. The Morgan fingerprint density at radius 2 is 1.97 bits per heavy atom. The highest BCUT2D eigenvalue weighted by molar-refractivity contribution is 14.0. The van der Waals surface area contributed by atoms with Crippen molar-refractivity contribution in [1.29, 1.82) is 0 Å². The summed E-state index contributed by atoms with van der Waals surface area (Å²) in [6.07, 6.45) is 10.1. The van der Waals surface area contributed by atoms with Crippen LogP contribution < -0.4 is 5.32 Å². The van der Waals surface area contributed by atoms with Crippen LogP contribution in [0.5, 0.6) is 0 Å². The van der Waals surface area contributed by atoms with Crippen LogP contribution in [0, 0.1) is 0 Å². The molecular weight excluding hydrogens is 529 g/mol. The van der Waals surface area contributed by atoms with Crippen LogP contribution in [0.25, 0.3) is 0 Å². The van der Waals surface area contributed by atoms with Gasteiger partial charge >= 0.3 is 0 Å². The van der Waals surface area contributed by atoms with Crippen LogP contribution in [-0.4, -0.2) is 65.7 Å². The third-order valence-corrected chi connectivity index (χ3v) is 6.28. The van der Waals surface area contributed by atoms with Crippen molar-refractivity contribution in [3.05, 3.63) is 53.9 Å². The largest absolute Gasteiger partial charge is 0.376 e. The van der Waals surface area contributed by atoms with Gasteiger partial charge in [-0.05, 0) is 56.2 Å². The molecule has 2 fully saturated rings. The second kappa shape index (κ2) is 13.9. The highest BCUT2D eigenvalue weighted by atomic mass is 127. The Morgan fingerprint density at radius 1 is 1.15 bits per heavy atom. The van der Waals surface area contributed by atoms with E-state index in [0.29, 0.717) is 18.8 Å². The van der Waals surface area contributed by atoms with Crippen molar-refractivity contribution in [2.75, 3.05) is 32.8 Å². The van der Waals surface area contributed by atoms with Crippen molar-refractivity contribution in [2.45, 2.75) is 64.3 Å². The van der Waals surface area contributed by atoms with Gasteiger partial charge in [-0.15, -0.1) is 24.0 Å². The van der Waals surface area contributed by atoms with E-state index < -0.39 is 0 Å². The zero-order chi connectivity index (χ0) is 22.0. The molecule has 1 aromatic heterocycles. The van der Waals surface area contributed by atoms with Crippen LogP contribution in [0.3, 0.4) is 0 Å². The summed E-state index contributed by atoms with van der Waals surface area (Å²) in [7, 11) is 0. The molecule has 1 aromatic carbocycles. The van der Waals surface area contributed by atoms with E-state index in [1.165, 1.54) is 24.0 Å². The molecule has 4 rings (SSSR count). The van der Waals surface area contributed by atoms with Gasteiger partial charge in [-0.3, -0.25) is 4.68 Å². The van der Waals surface area contributed by atoms with E-state index >= 15 is 0 Å². The summed E-state index contributed by atoms with van der Waals surface area (Å²) in [5.74, 6) is 0.996. The monoisotopic (exact) mass is 567 g/mol. The molecule has 0 radical (unpaired) electrons. The molecule has 2 aromatic rings. The summed E-state index contributed by atoms with van der Waals surface area (Å²) in [4.78, 5) is 7.35. The van der Waals surface area contributed by atoms with Crippen molar-refractivity contribution in [1.82, 2.24) is 20.0 Å². The average molecular weight is 568 g/mol. The summed E-state index contributed by atoms with van der Waals surface area (Å²) in [6.45, 7) is 7.99. The number of aromatic nitrogens is 2. The smallest absolute Gasteiger partial charge is 0.194 e. The van der Waals surface area contributed by atoms with Gasteiger partial charge in [0.2, 0.25) is 0 Å². The van der Waals surface area contributed by atoms with Crippen molar-refractivity contribution in [3.63, 3.8) is 0 Å². The first-order chi connectivity index (χ1) is 15.8. The fourth-order valence-corrected chi connectivity index (χ4v) is 4.44. The maximum atomic E-state index is 6.19. The molecule has 8 heteroatoms. The summed E-state index contributed by atoms with van der Waals surface area (Å²) >= 11 is 0. The van der Waals surface area contributed by atoms with E-state index in [9.17, 15) is 0 Å². The molecule has 0 spiro atoms. The molecule has 182 valence electrons. The summed E-state index contributed by atoms with van der Waals surface area (Å²) < 4.78 is 13.9. The summed E-state index contributed by atoms with van der Waals surface area (Å²) in [5, 5.41) is 7.83. The Balaban J connectivity index is 0.00000306. The molecule has 33 heavy (non-hydrogen) atoms. The number of nitrogens with one attached hydrogen (secondary N) is 1. The van der Waals surface area contributed by atoms with Crippen LogP contribution in [0.1, 0.15) is 50.2 Å². The van der Waals surface area contributed by atoms with Crippen LogP contribution in [0.2, 0.25) is 0 Å². The normalized spacial score (nSPS) is 19.8. The minimum atomic E-state index is 0. The third-order valence-electron chi connectivity index (χ3n) is 6.28. The Morgan fingerprint density at radius 3 is 2.67 bits per heavy atom. The van der Waals surface area contributed by atoms with Gasteiger partial charge in [0.05, 0.1) is 31.9 Å². The summed E-state index contributed by atoms with van der Waals surface area (Å²) in [6, 6.07) is 10.5. The highest BCUT2D eigenvalue weighted by Gasteiger charge is 2.23. The van der Waals surface area contributed by atoms with Crippen LogP contribution in [0.15, 0.2) is 47.7 Å². The first-order valence-electron chi connectivity index (χ1n) is 12.1. The Kier molecular flexibility index (Phi) is 10.9. The van der Waals surface area contributed by atoms with Crippen molar-refractivity contribution in [3.8, 4) is 0 Å². The second-order valence-corrected chi connectivity index (χ2v) is 8.65. The molecule has 1 unspecified atom stereocenters. The van der Waals surface area contributed by atoms with E-state index in [2.05, 4.69) is 46.5 Å². The van der Waals surface area contributed by atoms with Crippen molar-refractivity contribution in [2.24, 2.45) is 4.99 Å². The lowest BCUT2D eigenvalue weighted by Crippen LogP contribution is -2.47. The molecule has 1 atom stereocenters. The van der Waals surface area contributed by atoms with Gasteiger partial charge in [0, 0.05) is 38.6 Å². The second-order valence-electron chi connectivity index (χ2n) is 8.65. The molecule has 0 saturated carbocycles. The lowest BCUT2D eigenvalue weighted by atomic mass is 10.1. The van der Waals surface area contributed by atoms with E-state index in [-0.39, 0.29) is 24.0 Å². The number of nitrogens with zero attached hydrogens (tertiary/aromatic N) is 4. The molecule has 7 nitrogen and oxygen atoms in total. The third kappa shape index (κ3) is 7.96. The topological polar surface area (TPSA) is 63.9 Å². The number of rotatable bonds is 8. The van der Waals surface area contributed by atoms with Crippen LogP contribution in [0.4, 0.5) is 0 Å². The molecule has 2 saturated heterocycles. The lowest BCUT2D eigenvalue weighted by molar-refractivity contribution is -0.0721. The zero-order valence-electron chi connectivity index (χ0n) is 19.7. The average Bonchev–Trinajstić information content (AvgIpc) is 3.35. The number of halogens is 1. The molecule has 2 aliphatic rings. The SMILES string of the molecule is CCNC(=NCc1ccccc1Cn1cccn1)N1CCC(OCC2CCCCO2)CC1.I. The first-order valence-corrected chi connectivity index (χ1v) is 12.1. The van der Waals surface area contributed by atoms with Gasteiger partial charge in [0.1, 0.15) is 0 Å². The quantitative estimate of drug-likeness (QED) is 0.296. The number of hydrogen-bond donors (Lipinski definition) is 1. The maximum absolute atomic E-state index is 6.19. The number of likely N-dealkylation sites (tertiary alicyclic amines) is 1. The standard InChI is InChI=1S/C25H37N5O2.HI/c1-2-26-25(27-18-21-8-3-4-9-22(21)19-30-14-7-13-28-30)29-15-11-23(12-16-29)32-20-24-10-5-6-17-31-24;/h3-4,7-9,13-14,23-24H,2,5-6,10-12,15-20H2,1H3,(H,26,27);1H. The number of piperidine rings is 1. The van der Waals surface area contributed by atoms with Gasteiger partial charge in [-0.25, -0.2) is 4.99 Å². The van der Waals surface area contributed by atoms with Crippen LogP contribution in [-0.2, 0) is 22.6 Å². The van der Waals surface area contributed by atoms with Gasteiger partial charge in [-0.2, -0.15) is 5.10 Å². The Hall–Kier alpha value is -1.65. The Bertz CT molecular complexity index is 831. The minimum absolute atomic E-state index is 0.